The van der Waals surface area contributed by atoms with Crippen LogP contribution in [0.25, 0.3) is 32.6 Å². The van der Waals surface area contributed by atoms with Gasteiger partial charge in [0.25, 0.3) is 0 Å². The highest BCUT2D eigenvalue weighted by Crippen LogP contribution is 2.32. The van der Waals surface area contributed by atoms with Crippen LogP contribution in [0.4, 0.5) is 0 Å². The van der Waals surface area contributed by atoms with E-state index in [1.165, 1.54) is 50.1 Å². The summed E-state index contributed by atoms with van der Waals surface area (Å²) in [6.45, 7) is 9.41. The second-order valence-electron chi connectivity index (χ2n) is 10.6. The van der Waals surface area contributed by atoms with Gasteiger partial charge < -0.3 is 9.77 Å². The minimum atomic E-state index is 0.576. The van der Waals surface area contributed by atoms with Gasteiger partial charge in [-0.3, -0.25) is 0 Å². The topological polar surface area (TPSA) is 37.5 Å². The average molecular weight is 527 g/mol. The fourth-order valence-corrected chi connectivity index (χ4v) is 5.62. The quantitative estimate of drug-likeness (QED) is 0.131. The number of oxime groups is 1. The normalized spacial score (nSPS) is 11.7. The number of hydrogen-bond donors (Lipinski definition) is 1. The first-order valence-corrected chi connectivity index (χ1v) is 14.3. The van der Waals surface area contributed by atoms with Crippen molar-refractivity contribution in [1.82, 2.24) is 4.57 Å². The summed E-state index contributed by atoms with van der Waals surface area (Å²) < 4.78 is 2.39. The number of aryl methyl sites for hydroxylation is 2. The van der Waals surface area contributed by atoms with Gasteiger partial charge in [-0.05, 0) is 77.6 Å². The largest absolute Gasteiger partial charge is 0.411 e. The molecule has 0 atom stereocenters. The Hall–Kier alpha value is -4.37. The maximum absolute atomic E-state index is 9.82. The average Bonchev–Trinajstić information content (AvgIpc) is 3.29. The molecule has 0 unspecified atom stereocenters. The van der Waals surface area contributed by atoms with E-state index in [1.807, 2.05) is 18.2 Å². The van der Waals surface area contributed by atoms with E-state index in [1.54, 1.807) is 0 Å². The Morgan fingerprint density at radius 1 is 0.675 bits per heavy atom. The summed E-state index contributed by atoms with van der Waals surface area (Å²) >= 11 is 0. The molecule has 0 amide bonds. The SMILES string of the molecule is CCC.CCn1c2ccc(C/C(=N/O)c3ccccc3C)cc2c2cc(Cc3ccc4ccccc4c3)ccc21. The van der Waals surface area contributed by atoms with Gasteiger partial charge in [-0.25, -0.2) is 0 Å². The second-order valence-corrected chi connectivity index (χ2v) is 10.6. The lowest BCUT2D eigenvalue weighted by atomic mass is 9.97. The Bertz CT molecular complexity index is 1810. The Kier molecular flexibility index (Phi) is 8.31. The van der Waals surface area contributed by atoms with E-state index < -0.39 is 0 Å². The van der Waals surface area contributed by atoms with Gasteiger partial charge in [0.05, 0.1) is 5.71 Å². The standard InChI is InChI=1S/C34H30N2O.C3H8/c1-3-36-33-16-13-25(18-24-12-15-27-9-5-6-10-28(27)19-24)20-30(33)31-21-26(14-17-34(31)36)22-32(35-37)29-11-7-4-8-23(29)2;1-3-2/h4-17,19-21,37H,3,18,22H2,1-2H3;3H2,1-2H3/b35-32-;. The van der Waals surface area contributed by atoms with Crippen molar-refractivity contribution >= 4 is 38.3 Å². The predicted octanol–water partition coefficient (Wildman–Crippen LogP) is 9.70. The van der Waals surface area contributed by atoms with Crippen molar-refractivity contribution in [2.24, 2.45) is 5.16 Å². The van der Waals surface area contributed by atoms with Gasteiger partial charge in [-0.1, -0.05) is 104 Å². The van der Waals surface area contributed by atoms with E-state index in [0.717, 1.165) is 29.7 Å². The fraction of sp³-hybridized carbons (Fsp3) is 0.216. The molecule has 5 aromatic carbocycles. The maximum Gasteiger partial charge on any atom is 0.0914 e. The van der Waals surface area contributed by atoms with Crippen molar-refractivity contribution in [2.75, 3.05) is 0 Å². The van der Waals surface area contributed by atoms with Crippen LogP contribution < -0.4 is 0 Å². The maximum atomic E-state index is 9.82. The third-order valence-corrected chi connectivity index (χ3v) is 7.48. The molecule has 0 fully saturated rings. The minimum Gasteiger partial charge on any atom is -0.411 e. The zero-order valence-corrected chi connectivity index (χ0v) is 24.0. The van der Waals surface area contributed by atoms with E-state index in [0.29, 0.717) is 12.1 Å². The molecule has 0 aliphatic carbocycles. The lowest BCUT2D eigenvalue weighted by Crippen LogP contribution is -2.07. The van der Waals surface area contributed by atoms with Crippen molar-refractivity contribution in [2.45, 2.75) is 53.5 Å². The third kappa shape index (κ3) is 5.51. The molecule has 1 aromatic heterocycles. The number of hydrogen-bond acceptors (Lipinski definition) is 2. The summed E-state index contributed by atoms with van der Waals surface area (Å²) in [4.78, 5) is 0. The lowest BCUT2D eigenvalue weighted by molar-refractivity contribution is 0.318. The van der Waals surface area contributed by atoms with Crippen LogP contribution in [0.15, 0.2) is 108 Å². The molecule has 0 radical (unpaired) electrons. The molecule has 1 N–H and O–H groups in total. The predicted molar refractivity (Wildman–Crippen MR) is 171 cm³/mol. The molecule has 202 valence electrons. The van der Waals surface area contributed by atoms with Crippen LogP contribution in [0, 0.1) is 6.92 Å². The van der Waals surface area contributed by atoms with Crippen molar-refractivity contribution in [3.05, 3.63) is 131 Å². The van der Waals surface area contributed by atoms with Crippen LogP contribution in [-0.2, 0) is 19.4 Å². The van der Waals surface area contributed by atoms with Crippen LogP contribution in [0.5, 0.6) is 0 Å². The molecule has 0 saturated carbocycles. The number of nitrogens with zero attached hydrogens (tertiary/aromatic N) is 2. The summed E-state index contributed by atoms with van der Waals surface area (Å²) in [5.74, 6) is 0. The Morgan fingerprint density at radius 2 is 1.25 bits per heavy atom. The molecule has 6 rings (SSSR count). The van der Waals surface area contributed by atoms with Gasteiger partial charge in [-0.2, -0.15) is 0 Å². The van der Waals surface area contributed by atoms with Gasteiger partial charge in [-0.15, -0.1) is 0 Å². The molecule has 1 heterocycles. The van der Waals surface area contributed by atoms with Crippen molar-refractivity contribution in [1.29, 1.82) is 0 Å². The van der Waals surface area contributed by atoms with Crippen molar-refractivity contribution < 1.29 is 5.21 Å². The number of benzene rings is 5. The molecule has 3 nitrogen and oxygen atoms in total. The minimum absolute atomic E-state index is 0.576. The van der Waals surface area contributed by atoms with Crippen molar-refractivity contribution in [3.63, 3.8) is 0 Å². The van der Waals surface area contributed by atoms with E-state index >= 15 is 0 Å². The van der Waals surface area contributed by atoms with Gasteiger partial charge >= 0.3 is 0 Å². The lowest BCUT2D eigenvalue weighted by Gasteiger charge is -2.09. The third-order valence-electron chi connectivity index (χ3n) is 7.48. The zero-order valence-electron chi connectivity index (χ0n) is 24.0. The Labute approximate surface area is 237 Å². The molecule has 3 heteroatoms. The van der Waals surface area contributed by atoms with Crippen LogP contribution in [0.1, 0.15) is 55.0 Å². The van der Waals surface area contributed by atoms with Gasteiger partial charge in [0.2, 0.25) is 0 Å². The first-order chi connectivity index (χ1) is 19.6. The number of fused-ring (bicyclic) bond motifs is 4. The van der Waals surface area contributed by atoms with E-state index in [4.69, 9.17) is 0 Å². The highest BCUT2D eigenvalue weighted by Gasteiger charge is 2.14. The molecule has 0 aliphatic rings. The van der Waals surface area contributed by atoms with Crippen LogP contribution in [0.2, 0.25) is 0 Å². The zero-order chi connectivity index (χ0) is 28.1. The monoisotopic (exact) mass is 526 g/mol. The van der Waals surface area contributed by atoms with Crippen LogP contribution in [-0.4, -0.2) is 15.5 Å². The van der Waals surface area contributed by atoms with Crippen molar-refractivity contribution in [3.8, 4) is 0 Å². The molecule has 40 heavy (non-hydrogen) atoms. The smallest absolute Gasteiger partial charge is 0.0914 e. The van der Waals surface area contributed by atoms with Crippen LogP contribution >= 0.6 is 0 Å². The summed E-state index contributed by atoms with van der Waals surface area (Å²) in [7, 11) is 0. The first-order valence-electron chi connectivity index (χ1n) is 14.3. The fourth-order valence-electron chi connectivity index (χ4n) is 5.62. The van der Waals surface area contributed by atoms with E-state index in [2.05, 4.69) is 122 Å². The summed E-state index contributed by atoms with van der Waals surface area (Å²) in [5, 5.41) is 18.6. The molecule has 0 aliphatic heterocycles. The molecule has 0 saturated heterocycles. The molecule has 6 aromatic rings. The summed E-state index contributed by atoms with van der Waals surface area (Å²) in [6.07, 6.45) is 2.72. The van der Waals surface area contributed by atoms with Gasteiger partial charge in [0.15, 0.2) is 0 Å². The second kappa shape index (κ2) is 12.2. The van der Waals surface area contributed by atoms with Crippen LogP contribution in [0.3, 0.4) is 0 Å². The molecular weight excluding hydrogens is 488 g/mol. The molecule has 0 spiro atoms. The number of rotatable bonds is 6. The first kappa shape index (κ1) is 27.2. The summed E-state index contributed by atoms with van der Waals surface area (Å²) in [5.41, 5.74) is 9.04. The number of aromatic nitrogens is 1. The Balaban J connectivity index is 0.00000103. The molecule has 0 bridgehead atoms. The van der Waals surface area contributed by atoms with E-state index in [9.17, 15) is 5.21 Å². The van der Waals surface area contributed by atoms with E-state index in [-0.39, 0.29) is 0 Å². The highest BCUT2D eigenvalue weighted by atomic mass is 16.4. The Morgan fingerprint density at radius 3 is 1.93 bits per heavy atom. The molecular formula is C37H38N2O. The highest BCUT2D eigenvalue weighted by molar-refractivity contribution is 6.09. The van der Waals surface area contributed by atoms with Gasteiger partial charge in [0.1, 0.15) is 0 Å². The van der Waals surface area contributed by atoms with Gasteiger partial charge in [0, 0.05) is 40.3 Å². The summed E-state index contributed by atoms with van der Waals surface area (Å²) in [6, 6.07) is 36.9.